The first-order chi connectivity index (χ1) is 23.4. The van der Waals surface area contributed by atoms with Gasteiger partial charge in [0.2, 0.25) is 0 Å². The van der Waals surface area contributed by atoms with Crippen LogP contribution in [0.25, 0.3) is 0 Å². The van der Waals surface area contributed by atoms with E-state index >= 15 is 0 Å². The summed E-state index contributed by atoms with van der Waals surface area (Å²) < 4.78 is 22.1. The van der Waals surface area contributed by atoms with Crippen LogP contribution in [0.15, 0.2) is 53.5 Å². The number of hydrogen-bond donors (Lipinski definition) is 3. The first-order valence-electron chi connectivity index (χ1n) is 17.8. The molecular formula is C37H57N5O6. The Balaban J connectivity index is 1.22. The van der Waals surface area contributed by atoms with Crippen molar-refractivity contribution < 1.29 is 28.5 Å². The largest absolute Gasteiger partial charge is 0.494 e. The molecule has 2 aromatic rings. The number of carbonyl (C=O) groups excluding carboxylic acids is 2. The van der Waals surface area contributed by atoms with Gasteiger partial charge in [0.25, 0.3) is 0 Å². The molecule has 48 heavy (non-hydrogen) atoms. The number of piperidine rings is 1. The van der Waals surface area contributed by atoms with Crippen LogP contribution < -0.4 is 26.3 Å². The quantitative estimate of drug-likeness (QED) is 0.0557. The minimum absolute atomic E-state index is 0.137. The Labute approximate surface area is 286 Å². The molecule has 1 atom stereocenters. The van der Waals surface area contributed by atoms with Gasteiger partial charge in [0.15, 0.2) is 0 Å². The third-order valence-electron chi connectivity index (χ3n) is 8.45. The molecule has 2 aromatic carbocycles. The molecule has 0 bridgehead atoms. The van der Waals surface area contributed by atoms with E-state index in [1.165, 1.54) is 12.8 Å². The van der Waals surface area contributed by atoms with Gasteiger partial charge in [0.1, 0.15) is 23.5 Å². The summed E-state index contributed by atoms with van der Waals surface area (Å²) in [5.41, 5.74) is 13.5. The Bertz CT molecular complexity index is 1220. The second-order valence-corrected chi connectivity index (χ2v) is 12.4. The number of benzene rings is 2. The standard InChI is InChI=1S/C37H57N5O6/c1-3-5-7-25-47-36(43)40-34(38)30-12-16-32(17-13-30)45-27-9-11-29-20-23-42(24-21-29)22-10-28-46-33-18-14-31(15-19-33)35(39)41-37(44)48-26-8-6-4-2/h12-19,29,34H,3-11,20-28,38H2,1-2H3,(H,40,43)(H2,39,41,44). The van der Waals surface area contributed by atoms with Crippen molar-refractivity contribution in [3.8, 4) is 11.5 Å². The van der Waals surface area contributed by atoms with Gasteiger partial charge in [-0.1, -0.05) is 51.7 Å². The van der Waals surface area contributed by atoms with E-state index in [-0.39, 0.29) is 5.84 Å². The molecule has 11 nitrogen and oxygen atoms in total. The van der Waals surface area contributed by atoms with Crippen molar-refractivity contribution in [2.24, 2.45) is 22.4 Å². The lowest BCUT2D eigenvalue weighted by Crippen LogP contribution is -2.35. The second kappa shape index (κ2) is 22.7. The molecule has 1 unspecified atom stereocenters. The molecule has 1 heterocycles. The number of carbonyl (C=O) groups is 2. The third-order valence-corrected chi connectivity index (χ3v) is 8.45. The highest BCUT2D eigenvalue weighted by molar-refractivity contribution is 6.02. The molecule has 0 aliphatic carbocycles. The molecule has 1 aliphatic heterocycles. The topological polar surface area (TPSA) is 151 Å². The van der Waals surface area contributed by atoms with E-state index in [0.29, 0.717) is 32.0 Å². The van der Waals surface area contributed by atoms with Crippen molar-refractivity contribution >= 4 is 18.0 Å². The summed E-state index contributed by atoms with van der Waals surface area (Å²) in [6, 6.07) is 14.8. The van der Waals surface area contributed by atoms with Crippen LogP contribution in [-0.4, -0.2) is 69.0 Å². The van der Waals surface area contributed by atoms with Crippen LogP contribution in [0.4, 0.5) is 9.59 Å². The molecule has 1 aliphatic rings. The molecule has 0 saturated carbocycles. The normalized spacial score (nSPS) is 14.7. The Morgan fingerprint density at radius 3 is 2.02 bits per heavy atom. The minimum atomic E-state index is -0.657. The van der Waals surface area contributed by atoms with E-state index in [0.717, 1.165) is 100 Å². The van der Waals surface area contributed by atoms with Crippen molar-refractivity contribution in [1.29, 1.82) is 0 Å². The maximum atomic E-state index is 11.9. The second-order valence-electron chi connectivity index (χ2n) is 12.4. The summed E-state index contributed by atoms with van der Waals surface area (Å²) in [4.78, 5) is 30.1. The van der Waals surface area contributed by atoms with Gasteiger partial charge in [-0.15, -0.1) is 0 Å². The Morgan fingerprint density at radius 1 is 0.812 bits per heavy atom. The number of likely N-dealkylation sites (tertiary alicyclic amines) is 1. The fraction of sp³-hybridized carbons (Fsp3) is 0.595. The molecule has 0 aromatic heterocycles. The fourth-order valence-corrected chi connectivity index (χ4v) is 5.51. The molecule has 0 radical (unpaired) electrons. The van der Waals surface area contributed by atoms with Gasteiger partial charge in [-0.2, -0.15) is 4.99 Å². The van der Waals surface area contributed by atoms with Gasteiger partial charge in [-0.05, 0) is 106 Å². The average molecular weight is 668 g/mol. The van der Waals surface area contributed by atoms with E-state index in [1.807, 2.05) is 36.4 Å². The molecule has 1 fully saturated rings. The molecule has 2 amide bonds. The lowest BCUT2D eigenvalue weighted by Gasteiger charge is -2.32. The maximum absolute atomic E-state index is 11.9. The van der Waals surface area contributed by atoms with E-state index in [4.69, 9.17) is 30.4 Å². The Morgan fingerprint density at radius 2 is 1.40 bits per heavy atom. The van der Waals surface area contributed by atoms with E-state index in [9.17, 15) is 9.59 Å². The molecule has 1 saturated heterocycles. The van der Waals surface area contributed by atoms with Gasteiger partial charge in [-0.3, -0.25) is 0 Å². The van der Waals surface area contributed by atoms with Gasteiger partial charge >= 0.3 is 12.2 Å². The lowest BCUT2D eigenvalue weighted by atomic mass is 9.92. The van der Waals surface area contributed by atoms with E-state index in [2.05, 4.69) is 29.1 Å². The van der Waals surface area contributed by atoms with Crippen LogP contribution in [0.1, 0.15) is 102 Å². The summed E-state index contributed by atoms with van der Waals surface area (Å²) in [5.74, 6) is 2.43. The maximum Gasteiger partial charge on any atom is 0.435 e. The molecule has 3 rings (SSSR count). The summed E-state index contributed by atoms with van der Waals surface area (Å²) in [6.07, 6.45) is 9.64. The number of amidine groups is 1. The number of nitrogens with one attached hydrogen (secondary N) is 1. The number of amides is 2. The summed E-state index contributed by atoms with van der Waals surface area (Å²) in [5, 5.41) is 2.67. The van der Waals surface area contributed by atoms with Crippen LogP contribution in [0.2, 0.25) is 0 Å². The van der Waals surface area contributed by atoms with Gasteiger partial charge < -0.3 is 40.6 Å². The number of rotatable bonds is 21. The highest BCUT2D eigenvalue weighted by Crippen LogP contribution is 2.23. The molecular weight excluding hydrogens is 610 g/mol. The number of ether oxygens (including phenoxy) is 4. The van der Waals surface area contributed by atoms with Crippen molar-refractivity contribution in [1.82, 2.24) is 10.2 Å². The zero-order chi connectivity index (χ0) is 34.4. The fourth-order valence-electron chi connectivity index (χ4n) is 5.51. The van der Waals surface area contributed by atoms with Crippen molar-refractivity contribution in [2.75, 3.05) is 46.1 Å². The van der Waals surface area contributed by atoms with Crippen LogP contribution >= 0.6 is 0 Å². The number of alkyl carbamates (subject to hydrolysis) is 1. The highest BCUT2D eigenvalue weighted by Gasteiger charge is 2.19. The predicted octanol–water partition coefficient (Wildman–Crippen LogP) is 6.93. The summed E-state index contributed by atoms with van der Waals surface area (Å²) in [6.45, 7) is 9.52. The number of nitrogens with zero attached hydrogens (tertiary/aromatic N) is 2. The van der Waals surface area contributed by atoms with E-state index < -0.39 is 18.4 Å². The first-order valence-corrected chi connectivity index (χ1v) is 17.8. The molecule has 0 spiro atoms. The number of nitrogens with two attached hydrogens (primary N) is 2. The van der Waals surface area contributed by atoms with Crippen molar-refractivity contribution in [3.63, 3.8) is 0 Å². The lowest BCUT2D eigenvalue weighted by molar-refractivity contribution is 0.140. The highest BCUT2D eigenvalue weighted by atomic mass is 16.6. The summed E-state index contributed by atoms with van der Waals surface area (Å²) in [7, 11) is 0. The Hall–Kier alpha value is -3.83. The third kappa shape index (κ3) is 15.4. The van der Waals surface area contributed by atoms with Crippen LogP contribution in [0.5, 0.6) is 11.5 Å². The number of aliphatic imine (C=N–C) groups is 1. The molecule has 5 N–H and O–H groups in total. The minimum Gasteiger partial charge on any atom is -0.494 e. The number of hydrogen-bond acceptors (Lipinski definition) is 8. The summed E-state index contributed by atoms with van der Waals surface area (Å²) >= 11 is 0. The molecule has 266 valence electrons. The smallest absolute Gasteiger partial charge is 0.435 e. The first kappa shape index (κ1) is 38.6. The average Bonchev–Trinajstić information content (AvgIpc) is 3.10. The van der Waals surface area contributed by atoms with Crippen LogP contribution in [-0.2, 0) is 9.47 Å². The van der Waals surface area contributed by atoms with Gasteiger partial charge in [0.05, 0.1) is 26.4 Å². The molecule has 11 heteroatoms. The zero-order valence-electron chi connectivity index (χ0n) is 29.0. The van der Waals surface area contributed by atoms with Crippen LogP contribution in [0, 0.1) is 5.92 Å². The van der Waals surface area contributed by atoms with Crippen molar-refractivity contribution in [2.45, 2.75) is 90.6 Å². The monoisotopic (exact) mass is 667 g/mol. The van der Waals surface area contributed by atoms with Gasteiger partial charge in [-0.25, -0.2) is 9.59 Å². The number of unbranched alkanes of at least 4 members (excludes halogenated alkanes) is 4. The van der Waals surface area contributed by atoms with Crippen LogP contribution in [0.3, 0.4) is 0 Å². The predicted molar refractivity (Wildman–Crippen MR) is 189 cm³/mol. The van der Waals surface area contributed by atoms with Crippen molar-refractivity contribution in [3.05, 3.63) is 59.7 Å². The SMILES string of the molecule is CCCCCOC(=O)/N=C(\N)c1ccc(OCCCN2CCC(CCCOc3ccc(C(N)NC(=O)OCCCCC)cc3)CC2)cc1. The Kier molecular flexibility index (Phi) is 18.3. The zero-order valence-corrected chi connectivity index (χ0v) is 29.0. The van der Waals surface area contributed by atoms with E-state index in [1.54, 1.807) is 12.1 Å². The van der Waals surface area contributed by atoms with Gasteiger partial charge in [0, 0.05) is 12.1 Å².